The van der Waals surface area contributed by atoms with Gasteiger partial charge < -0.3 is 5.32 Å². The van der Waals surface area contributed by atoms with E-state index in [-0.39, 0.29) is 5.91 Å². The van der Waals surface area contributed by atoms with Crippen LogP contribution >= 0.6 is 35.0 Å². The van der Waals surface area contributed by atoms with Gasteiger partial charge in [0.15, 0.2) is 11.0 Å². The van der Waals surface area contributed by atoms with Crippen LogP contribution in [0, 0.1) is 5.82 Å². The molecule has 5 rings (SSSR count). The van der Waals surface area contributed by atoms with E-state index in [1.807, 2.05) is 77.4 Å². The number of benzene rings is 4. The van der Waals surface area contributed by atoms with Gasteiger partial charge in [-0.05, 0) is 66.1 Å². The lowest BCUT2D eigenvalue weighted by molar-refractivity contribution is 0.0934. The molecule has 0 radical (unpaired) electrons. The van der Waals surface area contributed by atoms with Crippen molar-refractivity contribution < 1.29 is 9.18 Å². The lowest BCUT2D eigenvalue weighted by atomic mass is 10.0. The van der Waals surface area contributed by atoms with Crippen molar-refractivity contribution in [3.05, 3.63) is 142 Å². The summed E-state index contributed by atoms with van der Waals surface area (Å²) in [5.74, 6) is 0.438. The average molecular weight is 578 g/mol. The van der Waals surface area contributed by atoms with Gasteiger partial charge >= 0.3 is 0 Å². The molecule has 39 heavy (non-hydrogen) atoms. The first-order chi connectivity index (χ1) is 19.0. The lowest BCUT2D eigenvalue weighted by Gasteiger charge is -2.20. The molecule has 9 heteroatoms. The first-order valence-electron chi connectivity index (χ1n) is 12.2. The number of thioether (sulfide) groups is 1. The fourth-order valence-electron chi connectivity index (χ4n) is 4.10. The van der Waals surface area contributed by atoms with Gasteiger partial charge in [-0.25, -0.2) is 4.39 Å². The zero-order chi connectivity index (χ0) is 27.2. The normalized spacial score (nSPS) is 11.8. The fourth-order valence-corrected chi connectivity index (χ4v) is 5.32. The number of aromatic nitrogens is 3. The van der Waals surface area contributed by atoms with E-state index in [1.54, 1.807) is 6.07 Å². The Labute approximate surface area is 240 Å². The van der Waals surface area contributed by atoms with Gasteiger partial charge in [-0.1, -0.05) is 89.6 Å². The van der Waals surface area contributed by atoms with E-state index < -0.39 is 11.9 Å². The Kier molecular flexibility index (Phi) is 8.61. The van der Waals surface area contributed by atoms with Gasteiger partial charge in [0.1, 0.15) is 5.82 Å². The van der Waals surface area contributed by atoms with E-state index in [9.17, 15) is 9.18 Å². The maximum atomic E-state index is 13.5. The predicted octanol–water partition coefficient (Wildman–Crippen LogP) is 7.72. The molecule has 4 aromatic carbocycles. The third kappa shape index (κ3) is 6.68. The number of nitrogens with zero attached hydrogens (tertiary/aromatic N) is 3. The molecule has 1 heterocycles. The number of halogens is 3. The van der Waals surface area contributed by atoms with Crippen molar-refractivity contribution >= 4 is 40.9 Å². The van der Waals surface area contributed by atoms with E-state index in [1.165, 1.54) is 36.0 Å². The molecule has 196 valence electrons. The summed E-state index contributed by atoms with van der Waals surface area (Å²) in [4.78, 5) is 13.2. The molecular weight excluding hydrogens is 554 g/mol. The highest BCUT2D eigenvalue weighted by molar-refractivity contribution is 7.98. The molecule has 1 aromatic heterocycles. The van der Waals surface area contributed by atoms with Gasteiger partial charge in [-0.15, -0.1) is 10.2 Å². The Morgan fingerprint density at radius 3 is 2.23 bits per heavy atom. The van der Waals surface area contributed by atoms with Crippen molar-refractivity contribution in [3.63, 3.8) is 0 Å². The average Bonchev–Trinajstić information content (AvgIpc) is 3.38. The van der Waals surface area contributed by atoms with Crippen molar-refractivity contribution in [1.82, 2.24) is 20.1 Å². The summed E-state index contributed by atoms with van der Waals surface area (Å²) in [7, 11) is 0. The van der Waals surface area contributed by atoms with Crippen molar-refractivity contribution in [1.29, 1.82) is 0 Å². The largest absolute Gasteiger partial charge is 0.342 e. The third-order valence-electron chi connectivity index (χ3n) is 6.03. The van der Waals surface area contributed by atoms with Crippen LogP contribution in [-0.4, -0.2) is 20.7 Å². The first kappa shape index (κ1) is 26.9. The maximum absolute atomic E-state index is 13.5. The standard InChI is InChI=1S/C30H23Cl2FN4OS/c31-25-16-11-21(17-26(25)32)19-39-30-36-35-28(37(30)24-9-5-2-6-10-24)27(18-20-7-3-1-4-8-20)34-29(38)22-12-14-23(33)15-13-22/h1-17,27H,18-19H2,(H,34,38)/t27-/m0/s1. The molecular formula is C30H23Cl2FN4OS. The number of amides is 1. The molecule has 0 aliphatic rings. The van der Waals surface area contributed by atoms with Crippen molar-refractivity contribution in [2.24, 2.45) is 0 Å². The summed E-state index contributed by atoms with van der Waals surface area (Å²) in [5, 5.41) is 13.8. The monoisotopic (exact) mass is 576 g/mol. The number of hydrogen-bond acceptors (Lipinski definition) is 4. The highest BCUT2D eigenvalue weighted by Gasteiger charge is 2.25. The molecule has 0 aliphatic carbocycles. The number of carbonyl (C=O) groups excluding carboxylic acids is 1. The summed E-state index contributed by atoms with van der Waals surface area (Å²) in [6.45, 7) is 0. The molecule has 0 fully saturated rings. The van der Waals surface area contributed by atoms with E-state index >= 15 is 0 Å². The van der Waals surface area contributed by atoms with Crippen LogP contribution in [0.15, 0.2) is 108 Å². The van der Waals surface area contributed by atoms with Crippen LogP contribution in [0.2, 0.25) is 10.0 Å². The van der Waals surface area contributed by atoms with Crippen molar-refractivity contribution in [2.75, 3.05) is 0 Å². The van der Waals surface area contributed by atoms with Crippen molar-refractivity contribution in [3.8, 4) is 5.69 Å². The molecule has 1 amide bonds. The SMILES string of the molecule is O=C(N[C@@H](Cc1ccccc1)c1nnc(SCc2ccc(Cl)c(Cl)c2)n1-c1ccccc1)c1ccc(F)cc1. The minimum Gasteiger partial charge on any atom is -0.342 e. The van der Waals surface area contributed by atoms with Gasteiger partial charge in [-0.3, -0.25) is 9.36 Å². The Morgan fingerprint density at radius 1 is 0.846 bits per heavy atom. The zero-order valence-corrected chi connectivity index (χ0v) is 22.9. The Balaban J connectivity index is 1.51. The molecule has 0 bridgehead atoms. The zero-order valence-electron chi connectivity index (χ0n) is 20.6. The number of nitrogens with one attached hydrogen (secondary N) is 1. The van der Waals surface area contributed by atoms with E-state index in [4.69, 9.17) is 23.2 Å². The second-order valence-electron chi connectivity index (χ2n) is 8.77. The minimum atomic E-state index is -0.517. The third-order valence-corrected chi connectivity index (χ3v) is 7.77. The Bertz CT molecular complexity index is 1560. The molecule has 5 aromatic rings. The molecule has 0 saturated heterocycles. The van der Waals surface area contributed by atoms with Gasteiger partial charge in [0, 0.05) is 17.0 Å². The van der Waals surface area contributed by atoms with Gasteiger partial charge in [0.2, 0.25) is 0 Å². The summed E-state index contributed by atoms with van der Waals surface area (Å²) < 4.78 is 15.4. The van der Waals surface area contributed by atoms with Crippen LogP contribution < -0.4 is 5.32 Å². The van der Waals surface area contributed by atoms with Crippen LogP contribution in [0.4, 0.5) is 4.39 Å². The summed E-state index contributed by atoms with van der Waals surface area (Å²) in [6.07, 6.45) is 0.482. The van der Waals surface area contributed by atoms with Crippen LogP contribution in [0.1, 0.15) is 33.4 Å². The topological polar surface area (TPSA) is 59.8 Å². The summed E-state index contributed by atoms with van der Waals surface area (Å²) >= 11 is 13.8. The van der Waals surface area contributed by atoms with Gasteiger partial charge in [0.05, 0.1) is 16.1 Å². The molecule has 0 aliphatic heterocycles. The molecule has 1 atom stereocenters. The molecule has 0 unspecified atom stereocenters. The number of rotatable bonds is 9. The molecule has 0 saturated carbocycles. The highest BCUT2D eigenvalue weighted by Crippen LogP contribution is 2.31. The van der Waals surface area contributed by atoms with Crippen LogP contribution in [-0.2, 0) is 12.2 Å². The van der Waals surface area contributed by atoms with Gasteiger partial charge in [-0.2, -0.15) is 0 Å². The number of para-hydroxylation sites is 1. The highest BCUT2D eigenvalue weighted by atomic mass is 35.5. The fraction of sp³-hybridized carbons (Fsp3) is 0.100. The Morgan fingerprint density at radius 2 is 1.54 bits per heavy atom. The number of hydrogen-bond donors (Lipinski definition) is 1. The van der Waals surface area contributed by atoms with Crippen LogP contribution in [0.5, 0.6) is 0 Å². The smallest absolute Gasteiger partial charge is 0.251 e. The maximum Gasteiger partial charge on any atom is 0.251 e. The summed E-state index contributed by atoms with van der Waals surface area (Å²) in [5.41, 5.74) is 3.23. The number of carbonyl (C=O) groups is 1. The lowest BCUT2D eigenvalue weighted by Crippen LogP contribution is -2.32. The minimum absolute atomic E-state index is 0.330. The predicted molar refractivity (Wildman–Crippen MR) is 154 cm³/mol. The van der Waals surface area contributed by atoms with Gasteiger partial charge in [0.25, 0.3) is 5.91 Å². The quantitative estimate of drug-likeness (QED) is 0.182. The van der Waals surface area contributed by atoms with E-state index in [2.05, 4.69) is 15.5 Å². The van der Waals surface area contributed by atoms with Crippen LogP contribution in [0.3, 0.4) is 0 Å². The summed E-state index contributed by atoms with van der Waals surface area (Å²) in [6, 6.07) is 30.1. The van der Waals surface area contributed by atoms with E-state index in [0.717, 1.165) is 16.8 Å². The molecule has 1 N–H and O–H groups in total. The second kappa shape index (κ2) is 12.5. The van der Waals surface area contributed by atoms with Crippen molar-refractivity contribution in [2.45, 2.75) is 23.4 Å². The van der Waals surface area contributed by atoms with E-state index in [0.29, 0.717) is 38.8 Å². The second-order valence-corrected chi connectivity index (χ2v) is 10.5. The van der Waals surface area contributed by atoms with Crippen LogP contribution in [0.25, 0.3) is 5.69 Å². The first-order valence-corrected chi connectivity index (χ1v) is 13.9. The molecule has 5 nitrogen and oxygen atoms in total. The molecule has 0 spiro atoms. The Hall–Kier alpha value is -3.65.